The first kappa shape index (κ1) is 27.6. The number of carbonyl (C=O) groups is 1. The summed E-state index contributed by atoms with van der Waals surface area (Å²) in [5.41, 5.74) is 1.00. The van der Waals surface area contributed by atoms with Crippen LogP contribution in [0.1, 0.15) is 35.5 Å². The zero-order valence-electron chi connectivity index (χ0n) is 20.3. The summed E-state index contributed by atoms with van der Waals surface area (Å²) in [5.74, 6) is -0.930. The van der Waals surface area contributed by atoms with Crippen molar-refractivity contribution in [1.82, 2.24) is 10.3 Å². The van der Waals surface area contributed by atoms with Gasteiger partial charge in [-0.3, -0.25) is 4.79 Å². The molecule has 7 nitrogen and oxygen atoms in total. The molecule has 202 valence electrons. The van der Waals surface area contributed by atoms with Crippen LogP contribution in [0.2, 0.25) is 5.02 Å². The average Bonchev–Trinajstić information content (AvgIpc) is 2.86. The van der Waals surface area contributed by atoms with Crippen molar-refractivity contribution in [3.8, 4) is 22.8 Å². The molecule has 0 spiro atoms. The predicted octanol–water partition coefficient (Wildman–Crippen LogP) is 4.69. The van der Waals surface area contributed by atoms with E-state index in [-0.39, 0.29) is 39.8 Å². The highest BCUT2D eigenvalue weighted by atomic mass is 35.5. The zero-order chi connectivity index (χ0) is 27.9. The molecule has 1 aliphatic heterocycles. The molecule has 2 aromatic carbocycles. The molecule has 38 heavy (non-hydrogen) atoms. The average molecular weight is 554 g/mol. The van der Waals surface area contributed by atoms with Crippen LogP contribution in [0, 0.1) is 5.82 Å². The molecule has 4 N–H and O–H groups in total. The highest BCUT2D eigenvalue weighted by Gasteiger charge is 2.56. The number of alkyl halides is 3. The van der Waals surface area contributed by atoms with Gasteiger partial charge in [-0.05, 0) is 67.9 Å². The van der Waals surface area contributed by atoms with E-state index in [4.69, 9.17) is 26.8 Å². The van der Waals surface area contributed by atoms with E-state index in [1.807, 2.05) is 0 Å². The van der Waals surface area contributed by atoms with Crippen LogP contribution in [0.25, 0.3) is 11.3 Å². The van der Waals surface area contributed by atoms with Crippen LogP contribution < -0.4 is 20.5 Å². The Bertz CT molecular complexity index is 1380. The lowest BCUT2D eigenvalue weighted by molar-refractivity contribution is -0.265. The van der Waals surface area contributed by atoms with E-state index in [1.165, 1.54) is 36.4 Å². The number of pyridine rings is 1. The van der Waals surface area contributed by atoms with Crippen LogP contribution >= 0.6 is 11.6 Å². The predicted molar refractivity (Wildman–Crippen MR) is 132 cm³/mol. The molecule has 1 aliphatic rings. The number of carbonyl (C=O) groups excluding carboxylic acids is 1. The summed E-state index contributed by atoms with van der Waals surface area (Å²) in [6.45, 7) is 2.45. The Hall–Kier alpha value is -3.41. The first-order valence-corrected chi connectivity index (χ1v) is 11.8. The maximum Gasteiger partial charge on any atom is 0.424 e. The van der Waals surface area contributed by atoms with Gasteiger partial charge < -0.3 is 25.6 Å². The fourth-order valence-electron chi connectivity index (χ4n) is 3.75. The molecular formula is C26H24ClF4N3O4. The maximum atomic E-state index is 14.4. The Morgan fingerprint density at radius 2 is 1.76 bits per heavy atom. The number of hydrogen-bond donors (Lipinski definition) is 3. The molecule has 0 saturated heterocycles. The number of halogens is 5. The van der Waals surface area contributed by atoms with Gasteiger partial charge in [0.2, 0.25) is 5.60 Å². The quantitative estimate of drug-likeness (QED) is 0.383. The van der Waals surface area contributed by atoms with Gasteiger partial charge in [0.1, 0.15) is 19.0 Å². The molecule has 2 heterocycles. The Morgan fingerprint density at radius 1 is 1.08 bits per heavy atom. The summed E-state index contributed by atoms with van der Waals surface area (Å²) in [7, 11) is 0. The van der Waals surface area contributed by atoms with E-state index in [9.17, 15) is 27.5 Å². The summed E-state index contributed by atoms with van der Waals surface area (Å²) in [6, 6.07) is 10.2. The maximum absolute atomic E-state index is 14.4. The minimum atomic E-state index is -5.25. The SMILES string of the molecule is CC(C)(N)c1cc(-c2ccc(F)c(Cl)c2)nc(C(O)(CNC(=O)c2ccc3c(c2)OCCO3)C(F)(F)F)c1. The summed E-state index contributed by atoms with van der Waals surface area (Å²) in [5, 5.41) is 12.9. The fourth-order valence-corrected chi connectivity index (χ4v) is 3.93. The second-order valence-electron chi connectivity index (χ2n) is 9.38. The van der Waals surface area contributed by atoms with Crippen LogP contribution in [0.5, 0.6) is 11.5 Å². The van der Waals surface area contributed by atoms with Gasteiger partial charge in [0.25, 0.3) is 5.91 Å². The molecule has 0 radical (unpaired) electrons. The van der Waals surface area contributed by atoms with Crippen molar-refractivity contribution in [3.63, 3.8) is 0 Å². The molecule has 0 saturated carbocycles. The number of ether oxygens (including phenoxy) is 2. The summed E-state index contributed by atoms with van der Waals surface area (Å²) in [6.07, 6.45) is -5.25. The highest BCUT2D eigenvalue weighted by molar-refractivity contribution is 6.31. The van der Waals surface area contributed by atoms with Crippen molar-refractivity contribution in [2.24, 2.45) is 5.73 Å². The lowest BCUT2D eigenvalue weighted by atomic mass is 9.89. The van der Waals surface area contributed by atoms with Gasteiger partial charge in [0.15, 0.2) is 11.5 Å². The van der Waals surface area contributed by atoms with Gasteiger partial charge in [-0.25, -0.2) is 9.37 Å². The van der Waals surface area contributed by atoms with Gasteiger partial charge in [-0.2, -0.15) is 13.2 Å². The largest absolute Gasteiger partial charge is 0.486 e. The number of aromatic nitrogens is 1. The molecule has 0 fully saturated rings. The number of nitrogens with one attached hydrogen (secondary N) is 1. The molecule has 3 aromatic rings. The standard InChI is InChI=1S/C26H24ClF4N3O4/c1-24(2,32)16-11-19(14-3-5-18(28)17(27)9-14)34-22(12-16)25(36,26(29,30)31)13-33-23(35)15-4-6-20-21(10-15)38-8-7-37-20/h3-6,9-12,36H,7-8,13,32H2,1-2H3,(H,33,35). The molecule has 12 heteroatoms. The van der Waals surface area contributed by atoms with Crippen LogP contribution in [0.3, 0.4) is 0 Å². The van der Waals surface area contributed by atoms with Crippen LogP contribution in [0.4, 0.5) is 17.6 Å². The van der Waals surface area contributed by atoms with E-state index in [0.29, 0.717) is 12.4 Å². The number of aliphatic hydroxyl groups is 1. The van der Waals surface area contributed by atoms with Gasteiger partial charge in [-0.1, -0.05) is 11.6 Å². The van der Waals surface area contributed by atoms with Crippen LogP contribution in [-0.4, -0.2) is 41.9 Å². The monoisotopic (exact) mass is 553 g/mol. The molecule has 4 rings (SSSR count). The number of amides is 1. The smallest absolute Gasteiger partial charge is 0.424 e. The topological polar surface area (TPSA) is 107 Å². The Labute approximate surface area is 220 Å². The molecule has 1 atom stereocenters. The first-order chi connectivity index (χ1) is 17.7. The van der Waals surface area contributed by atoms with Gasteiger partial charge in [0.05, 0.1) is 23.0 Å². The number of nitrogens with two attached hydrogens (primary N) is 1. The van der Waals surface area contributed by atoms with Crippen molar-refractivity contribution in [3.05, 3.63) is 76.2 Å². The number of hydrogen-bond acceptors (Lipinski definition) is 6. The van der Waals surface area contributed by atoms with Crippen molar-refractivity contribution >= 4 is 17.5 Å². The Kier molecular flexibility index (Phi) is 7.30. The van der Waals surface area contributed by atoms with Gasteiger partial charge >= 0.3 is 6.18 Å². The highest BCUT2D eigenvalue weighted by Crippen LogP contribution is 2.40. The normalized spacial score (nSPS) is 15.1. The summed E-state index contributed by atoms with van der Waals surface area (Å²) < 4.78 is 67.6. The fraction of sp³-hybridized carbons (Fsp3) is 0.308. The third-order valence-corrected chi connectivity index (χ3v) is 6.28. The molecule has 1 aromatic heterocycles. The van der Waals surface area contributed by atoms with E-state index < -0.39 is 41.3 Å². The summed E-state index contributed by atoms with van der Waals surface area (Å²) >= 11 is 5.86. The molecule has 1 unspecified atom stereocenters. The molecule has 0 bridgehead atoms. The van der Waals surface area contributed by atoms with E-state index >= 15 is 0 Å². The van der Waals surface area contributed by atoms with Crippen molar-refractivity contribution in [2.45, 2.75) is 31.2 Å². The van der Waals surface area contributed by atoms with E-state index in [0.717, 1.165) is 12.1 Å². The number of rotatable bonds is 6. The first-order valence-electron chi connectivity index (χ1n) is 11.4. The van der Waals surface area contributed by atoms with Crippen molar-refractivity contribution in [2.75, 3.05) is 19.8 Å². The Balaban J connectivity index is 1.72. The van der Waals surface area contributed by atoms with Crippen LogP contribution in [0.15, 0.2) is 48.5 Å². The third kappa shape index (κ3) is 5.54. The second-order valence-corrected chi connectivity index (χ2v) is 9.78. The second kappa shape index (κ2) is 10.0. The third-order valence-electron chi connectivity index (χ3n) is 5.99. The van der Waals surface area contributed by atoms with Gasteiger partial charge in [0, 0.05) is 16.7 Å². The number of nitrogens with zero attached hydrogens (tertiary/aromatic N) is 1. The lowest BCUT2D eigenvalue weighted by Crippen LogP contribution is -2.51. The minimum absolute atomic E-state index is 0.00483. The number of fused-ring (bicyclic) bond motifs is 1. The van der Waals surface area contributed by atoms with Crippen LogP contribution in [-0.2, 0) is 11.1 Å². The lowest BCUT2D eigenvalue weighted by Gasteiger charge is -2.32. The van der Waals surface area contributed by atoms with E-state index in [1.54, 1.807) is 13.8 Å². The molecule has 1 amide bonds. The molecule has 0 aliphatic carbocycles. The minimum Gasteiger partial charge on any atom is -0.486 e. The van der Waals surface area contributed by atoms with E-state index in [2.05, 4.69) is 10.3 Å². The summed E-state index contributed by atoms with van der Waals surface area (Å²) in [4.78, 5) is 16.8. The zero-order valence-corrected chi connectivity index (χ0v) is 21.1. The van der Waals surface area contributed by atoms with Crippen molar-refractivity contribution < 1.29 is 36.9 Å². The van der Waals surface area contributed by atoms with Gasteiger partial charge in [-0.15, -0.1) is 0 Å². The Morgan fingerprint density at radius 3 is 2.39 bits per heavy atom. The van der Waals surface area contributed by atoms with Crippen molar-refractivity contribution in [1.29, 1.82) is 0 Å². The molecular weight excluding hydrogens is 530 g/mol. The number of benzene rings is 2.